The number of hydrogen-bond acceptors (Lipinski definition) is 3. The fourth-order valence-corrected chi connectivity index (χ4v) is 3.79. The molecule has 3 rings (SSSR count). The van der Waals surface area contributed by atoms with E-state index in [9.17, 15) is 0 Å². The molecule has 0 saturated heterocycles. The molecule has 160 valence electrons. The lowest BCUT2D eigenvalue weighted by Gasteiger charge is -2.16. The fraction of sp³-hybridized carbons (Fsp3) is 0.423. The van der Waals surface area contributed by atoms with Crippen molar-refractivity contribution in [2.45, 2.75) is 58.0 Å². The van der Waals surface area contributed by atoms with Crippen LogP contribution in [0.15, 0.2) is 72.4 Å². The Morgan fingerprint density at radius 1 is 1.30 bits per heavy atom. The van der Waals surface area contributed by atoms with Crippen molar-refractivity contribution in [3.63, 3.8) is 0 Å². The van der Waals surface area contributed by atoms with Crippen LogP contribution in [0.3, 0.4) is 0 Å². The first-order valence-electron chi connectivity index (χ1n) is 11.0. The minimum atomic E-state index is -0.204. The minimum absolute atomic E-state index is 0.204. The standard InChI is InChI=1S/C26H34N2O2/c1-4-5-6-7-8-16-29-26-14-13-21(2)17-25(30-22(3)18-23(26)19-26)12-11-24-10-9-15-28(24)20-27/h9-15,17-18,20,23,27H,2,4-8,16,19H2,1,3H3/b12-11+,14-13+,22-18+,25-17-,27-20?. The van der Waals surface area contributed by atoms with Gasteiger partial charge in [0.15, 0.2) is 0 Å². The summed E-state index contributed by atoms with van der Waals surface area (Å²) in [5.74, 6) is 1.94. The largest absolute Gasteiger partial charge is 0.462 e. The molecule has 1 fully saturated rings. The third kappa shape index (κ3) is 5.96. The Bertz CT molecular complexity index is 871. The van der Waals surface area contributed by atoms with E-state index in [1.807, 2.05) is 49.6 Å². The van der Waals surface area contributed by atoms with E-state index in [1.165, 1.54) is 32.0 Å². The predicted octanol–water partition coefficient (Wildman–Crippen LogP) is 6.63. The molecule has 30 heavy (non-hydrogen) atoms. The van der Waals surface area contributed by atoms with Gasteiger partial charge in [-0.25, -0.2) is 0 Å². The van der Waals surface area contributed by atoms with Crippen LogP contribution in [-0.2, 0) is 9.47 Å². The zero-order valence-corrected chi connectivity index (χ0v) is 18.3. The van der Waals surface area contributed by atoms with Gasteiger partial charge in [0.1, 0.15) is 5.76 Å². The second kappa shape index (κ2) is 10.4. The SMILES string of the molecule is C=C1/C=C(/C=C/c2cccn2C=N)O/C(C)=C/C2CC2(OCCCCCCC)/C=C/1. The first-order chi connectivity index (χ1) is 14.6. The third-order valence-electron chi connectivity index (χ3n) is 5.62. The van der Waals surface area contributed by atoms with E-state index in [1.54, 1.807) is 4.57 Å². The summed E-state index contributed by atoms with van der Waals surface area (Å²) >= 11 is 0. The highest BCUT2D eigenvalue weighted by atomic mass is 16.5. The van der Waals surface area contributed by atoms with Crippen molar-refractivity contribution < 1.29 is 9.47 Å². The lowest BCUT2D eigenvalue weighted by molar-refractivity contribution is 0.0562. The van der Waals surface area contributed by atoms with Crippen LogP contribution in [0.1, 0.15) is 58.1 Å². The van der Waals surface area contributed by atoms with E-state index >= 15 is 0 Å². The number of unbranched alkanes of at least 4 members (excludes halogenated alkanes) is 4. The highest BCUT2D eigenvalue weighted by molar-refractivity contribution is 5.63. The number of hydrogen-bond donors (Lipinski definition) is 1. The quantitative estimate of drug-likeness (QED) is 0.269. The number of allylic oxidation sites excluding steroid dienone is 5. The molecule has 2 atom stereocenters. The van der Waals surface area contributed by atoms with Crippen LogP contribution in [0, 0.1) is 11.3 Å². The van der Waals surface area contributed by atoms with E-state index in [0.29, 0.717) is 5.92 Å². The summed E-state index contributed by atoms with van der Waals surface area (Å²) in [6.45, 7) is 9.20. The molecular formula is C26H34N2O2. The molecule has 0 bridgehead atoms. The van der Waals surface area contributed by atoms with Gasteiger partial charge in [-0.2, -0.15) is 0 Å². The summed E-state index contributed by atoms with van der Waals surface area (Å²) in [4.78, 5) is 0. The predicted molar refractivity (Wildman–Crippen MR) is 124 cm³/mol. The molecule has 0 amide bonds. The van der Waals surface area contributed by atoms with Gasteiger partial charge in [-0.05, 0) is 61.8 Å². The van der Waals surface area contributed by atoms with Crippen molar-refractivity contribution in [2.24, 2.45) is 5.92 Å². The van der Waals surface area contributed by atoms with E-state index in [2.05, 4.69) is 25.7 Å². The summed E-state index contributed by atoms with van der Waals surface area (Å²) in [5, 5.41) is 7.45. The summed E-state index contributed by atoms with van der Waals surface area (Å²) in [7, 11) is 0. The summed E-state index contributed by atoms with van der Waals surface area (Å²) in [6, 6.07) is 3.87. The maximum atomic E-state index is 7.45. The lowest BCUT2D eigenvalue weighted by Crippen LogP contribution is -2.15. The van der Waals surface area contributed by atoms with Crippen LogP contribution in [-0.4, -0.2) is 23.1 Å². The number of fused-ring (bicyclic) bond motifs is 1. The van der Waals surface area contributed by atoms with E-state index in [4.69, 9.17) is 14.9 Å². The molecule has 1 saturated carbocycles. The first-order valence-corrected chi connectivity index (χ1v) is 11.0. The second-order valence-electron chi connectivity index (χ2n) is 8.17. The molecule has 4 heteroatoms. The molecule has 1 N–H and O–H groups in total. The van der Waals surface area contributed by atoms with Gasteiger partial charge >= 0.3 is 0 Å². The van der Waals surface area contributed by atoms with Crippen LogP contribution in [0.4, 0.5) is 0 Å². The second-order valence-corrected chi connectivity index (χ2v) is 8.17. The van der Waals surface area contributed by atoms with Gasteiger partial charge in [-0.15, -0.1) is 0 Å². The average Bonchev–Trinajstić information content (AvgIpc) is 3.18. The number of aromatic nitrogens is 1. The Balaban J connectivity index is 1.66. The van der Waals surface area contributed by atoms with E-state index in [0.717, 1.165) is 42.2 Å². The molecule has 1 aliphatic heterocycles. The maximum Gasteiger partial charge on any atom is 0.127 e. The van der Waals surface area contributed by atoms with E-state index in [-0.39, 0.29) is 5.60 Å². The van der Waals surface area contributed by atoms with Crippen LogP contribution in [0.2, 0.25) is 0 Å². The van der Waals surface area contributed by atoms with Gasteiger partial charge in [0.25, 0.3) is 0 Å². The Morgan fingerprint density at radius 3 is 2.93 bits per heavy atom. The van der Waals surface area contributed by atoms with Gasteiger partial charge in [-0.1, -0.05) is 51.3 Å². The monoisotopic (exact) mass is 406 g/mol. The van der Waals surface area contributed by atoms with Crippen LogP contribution < -0.4 is 0 Å². The van der Waals surface area contributed by atoms with Crippen LogP contribution >= 0.6 is 0 Å². The molecule has 0 spiro atoms. The van der Waals surface area contributed by atoms with Crippen molar-refractivity contribution in [1.29, 1.82) is 5.41 Å². The number of nitrogens with one attached hydrogen (secondary N) is 1. The van der Waals surface area contributed by atoms with Crippen LogP contribution in [0.5, 0.6) is 0 Å². The molecule has 4 nitrogen and oxygen atoms in total. The maximum absolute atomic E-state index is 7.45. The Hall–Kier alpha value is -2.59. The highest BCUT2D eigenvalue weighted by Gasteiger charge is 2.52. The van der Waals surface area contributed by atoms with Gasteiger partial charge in [0.05, 0.1) is 17.7 Å². The molecule has 0 radical (unpaired) electrons. The number of rotatable bonds is 10. The summed E-state index contributed by atoms with van der Waals surface area (Å²) in [6.07, 6.45) is 22.5. The summed E-state index contributed by atoms with van der Waals surface area (Å²) in [5.41, 5.74) is 1.59. The van der Waals surface area contributed by atoms with Gasteiger partial charge in [-0.3, -0.25) is 5.41 Å². The zero-order chi connectivity index (χ0) is 21.4. The molecule has 1 aromatic heterocycles. The molecule has 1 aromatic rings. The lowest BCUT2D eigenvalue weighted by atomic mass is 10.1. The third-order valence-corrected chi connectivity index (χ3v) is 5.62. The molecule has 0 aromatic carbocycles. The van der Waals surface area contributed by atoms with Crippen LogP contribution in [0.25, 0.3) is 6.08 Å². The molecule has 2 aliphatic rings. The van der Waals surface area contributed by atoms with Crippen molar-refractivity contribution in [3.8, 4) is 0 Å². The molecule has 2 heterocycles. The van der Waals surface area contributed by atoms with Gasteiger partial charge in [0.2, 0.25) is 0 Å². The Labute approximate surface area is 180 Å². The van der Waals surface area contributed by atoms with Gasteiger partial charge in [0, 0.05) is 24.4 Å². The van der Waals surface area contributed by atoms with E-state index < -0.39 is 0 Å². The molecule has 1 aliphatic carbocycles. The smallest absolute Gasteiger partial charge is 0.127 e. The van der Waals surface area contributed by atoms with Gasteiger partial charge < -0.3 is 14.0 Å². The zero-order valence-electron chi connectivity index (χ0n) is 18.3. The average molecular weight is 407 g/mol. The molecular weight excluding hydrogens is 372 g/mol. The topological polar surface area (TPSA) is 47.2 Å². The first kappa shape index (κ1) is 22.1. The van der Waals surface area contributed by atoms with Crippen molar-refractivity contribution in [1.82, 2.24) is 4.57 Å². The molecule has 2 unspecified atom stereocenters. The fourth-order valence-electron chi connectivity index (χ4n) is 3.79. The summed E-state index contributed by atoms with van der Waals surface area (Å²) < 4.78 is 14.2. The Kier molecular flexibility index (Phi) is 7.69. The normalized spacial score (nSPS) is 28.1. The number of ether oxygens (including phenoxy) is 2. The van der Waals surface area contributed by atoms with Crippen molar-refractivity contribution in [2.75, 3.05) is 6.61 Å². The van der Waals surface area contributed by atoms with Crippen molar-refractivity contribution >= 4 is 12.4 Å². The highest BCUT2D eigenvalue weighted by Crippen LogP contribution is 2.50. The Morgan fingerprint density at radius 2 is 2.13 bits per heavy atom. The minimum Gasteiger partial charge on any atom is -0.462 e. The van der Waals surface area contributed by atoms with Crippen molar-refractivity contribution in [3.05, 3.63) is 78.1 Å². The number of nitrogens with zero attached hydrogens (tertiary/aromatic N) is 1.